The highest BCUT2D eigenvalue weighted by atomic mass is 16.4. The first kappa shape index (κ1) is 10.3. The second kappa shape index (κ2) is 5.05. The van der Waals surface area contributed by atoms with Gasteiger partial charge in [0.25, 0.3) is 0 Å². The van der Waals surface area contributed by atoms with E-state index in [1.807, 2.05) is 6.92 Å². The molecule has 0 spiro atoms. The molecule has 0 aliphatic heterocycles. The predicted octanol–water partition coefficient (Wildman–Crippen LogP) is 3.28. The lowest BCUT2D eigenvalue weighted by atomic mass is 10.2. The van der Waals surface area contributed by atoms with Crippen molar-refractivity contribution in [2.75, 3.05) is 0 Å². The number of hydrogen-bond donors (Lipinski definition) is 0. The minimum Gasteiger partial charge on any atom is -0.445 e. The van der Waals surface area contributed by atoms with Crippen LogP contribution in [0.15, 0.2) is 4.42 Å². The lowest BCUT2D eigenvalue weighted by molar-refractivity contribution is 0.446. The molecule has 74 valence electrons. The fraction of sp³-hybridized carbons (Fsp3) is 0.727. The van der Waals surface area contributed by atoms with Gasteiger partial charge in [0.2, 0.25) is 0 Å². The molecule has 1 aromatic heterocycles. The Labute approximate surface area is 80.4 Å². The number of unbranched alkanes of at least 4 members (excludes halogenated alkanes) is 1. The Hall–Kier alpha value is -0.790. The van der Waals surface area contributed by atoms with Crippen LogP contribution in [-0.2, 0) is 12.8 Å². The molecule has 0 aliphatic carbocycles. The van der Waals surface area contributed by atoms with Gasteiger partial charge >= 0.3 is 0 Å². The Morgan fingerprint density at radius 1 is 1.15 bits per heavy atom. The van der Waals surface area contributed by atoms with E-state index in [1.165, 1.54) is 12.8 Å². The summed E-state index contributed by atoms with van der Waals surface area (Å²) in [5, 5.41) is 0. The lowest BCUT2D eigenvalue weighted by Crippen LogP contribution is -1.83. The van der Waals surface area contributed by atoms with Crippen LogP contribution >= 0.6 is 0 Å². The first-order chi connectivity index (χ1) is 6.27. The standard InChI is InChI=1S/C11H19NO/c1-4-6-8-11-12-9(3)10(13-11)7-5-2/h4-8H2,1-3H3. The summed E-state index contributed by atoms with van der Waals surface area (Å²) in [6.45, 7) is 6.38. The van der Waals surface area contributed by atoms with Gasteiger partial charge in [0, 0.05) is 12.8 Å². The molecule has 0 saturated carbocycles. The SMILES string of the molecule is CCCCc1nc(C)c(CCC)o1. The van der Waals surface area contributed by atoms with Crippen LogP contribution in [0.3, 0.4) is 0 Å². The van der Waals surface area contributed by atoms with Gasteiger partial charge in [0.1, 0.15) is 5.76 Å². The zero-order chi connectivity index (χ0) is 9.68. The van der Waals surface area contributed by atoms with Crippen molar-refractivity contribution in [3.63, 3.8) is 0 Å². The highest BCUT2D eigenvalue weighted by Crippen LogP contribution is 2.13. The third-order valence-electron chi connectivity index (χ3n) is 2.16. The molecule has 1 heterocycles. The molecule has 0 fully saturated rings. The number of nitrogens with zero attached hydrogens (tertiary/aromatic N) is 1. The van der Waals surface area contributed by atoms with Gasteiger partial charge in [-0.15, -0.1) is 0 Å². The van der Waals surface area contributed by atoms with Gasteiger partial charge in [-0.25, -0.2) is 4.98 Å². The van der Waals surface area contributed by atoms with Gasteiger partial charge in [-0.05, 0) is 19.8 Å². The summed E-state index contributed by atoms with van der Waals surface area (Å²) in [5.74, 6) is 2.00. The predicted molar refractivity (Wildman–Crippen MR) is 53.8 cm³/mol. The maximum Gasteiger partial charge on any atom is 0.194 e. The molecule has 2 nitrogen and oxygen atoms in total. The van der Waals surface area contributed by atoms with Crippen molar-refractivity contribution in [3.8, 4) is 0 Å². The van der Waals surface area contributed by atoms with E-state index in [-0.39, 0.29) is 0 Å². The van der Waals surface area contributed by atoms with Crippen LogP contribution in [0.4, 0.5) is 0 Å². The van der Waals surface area contributed by atoms with Crippen molar-refractivity contribution in [2.24, 2.45) is 0 Å². The van der Waals surface area contributed by atoms with Crippen molar-refractivity contribution in [1.29, 1.82) is 0 Å². The van der Waals surface area contributed by atoms with Crippen molar-refractivity contribution < 1.29 is 4.42 Å². The molecule has 0 N–H and O–H groups in total. The first-order valence-corrected chi connectivity index (χ1v) is 5.23. The largest absolute Gasteiger partial charge is 0.445 e. The summed E-state index contributed by atoms with van der Waals surface area (Å²) in [7, 11) is 0. The highest BCUT2D eigenvalue weighted by Gasteiger charge is 2.07. The maximum absolute atomic E-state index is 5.65. The summed E-state index contributed by atoms with van der Waals surface area (Å²) in [6.07, 6.45) is 5.51. The lowest BCUT2D eigenvalue weighted by Gasteiger charge is -1.92. The summed E-state index contributed by atoms with van der Waals surface area (Å²) >= 11 is 0. The van der Waals surface area contributed by atoms with E-state index in [0.717, 1.165) is 36.6 Å². The monoisotopic (exact) mass is 181 g/mol. The van der Waals surface area contributed by atoms with E-state index in [2.05, 4.69) is 18.8 Å². The second-order valence-electron chi connectivity index (χ2n) is 3.47. The van der Waals surface area contributed by atoms with Crippen molar-refractivity contribution in [2.45, 2.75) is 52.9 Å². The van der Waals surface area contributed by atoms with E-state index < -0.39 is 0 Å². The van der Waals surface area contributed by atoms with Gasteiger partial charge in [0.05, 0.1) is 5.69 Å². The molecule has 0 bridgehead atoms. The number of rotatable bonds is 5. The van der Waals surface area contributed by atoms with Crippen molar-refractivity contribution in [1.82, 2.24) is 4.98 Å². The molecule has 0 radical (unpaired) electrons. The van der Waals surface area contributed by atoms with Crippen molar-refractivity contribution >= 4 is 0 Å². The van der Waals surface area contributed by atoms with Crippen LogP contribution in [-0.4, -0.2) is 4.98 Å². The quantitative estimate of drug-likeness (QED) is 0.696. The molecule has 0 amide bonds. The summed E-state index contributed by atoms with van der Waals surface area (Å²) < 4.78 is 5.65. The molecule has 2 heteroatoms. The summed E-state index contributed by atoms with van der Waals surface area (Å²) in [5.41, 5.74) is 1.08. The minimum absolute atomic E-state index is 0.919. The minimum atomic E-state index is 0.919. The third kappa shape index (κ3) is 2.87. The Morgan fingerprint density at radius 2 is 1.92 bits per heavy atom. The van der Waals surface area contributed by atoms with E-state index in [4.69, 9.17) is 4.42 Å². The van der Waals surface area contributed by atoms with E-state index in [9.17, 15) is 0 Å². The number of aromatic nitrogens is 1. The average Bonchev–Trinajstić information content (AvgIpc) is 2.45. The van der Waals surface area contributed by atoms with Gasteiger partial charge in [0.15, 0.2) is 5.89 Å². The number of oxazole rings is 1. The third-order valence-corrected chi connectivity index (χ3v) is 2.16. The van der Waals surface area contributed by atoms with E-state index >= 15 is 0 Å². The molecule has 1 aromatic rings. The molecule has 0 atom stereocenters. The number of hydrogen-bond acceptors (Lipinski definition) is 2. The Kier molecular flexibility index (Phi) is 4.00. The Balaban J connectivity index is 2.59. The van der Waals surface area contributed by atoms with Gasteiger partial charge in [-0.1, -0.05) is 20.3 Å². The maximum atomic E-state index is 5.65. The fourth-order valence-electron chi connectivity index (χ4n) is 1.38. The van der Waals surface area contributed by atoms with Gasteiger partial charge < -0.3 is 4.42 Å². The smallest absolute Gasteiger partial charge is 0.194 e. The van der Waals surface area contributed by atoms with Crippen LogP contribution < -0.4 is 0 Å². The van der Waals surface area contributed by atoms with Crippen LogP contribution in [0.2, 0.25) is 0 Å². The van der Waals surface area contributed by atoms with Crippen LogP contribution in [0.1, 0.15) is 50.5 Å². The normalized spacial score (nSPS) is 10.7. The highest BCUT2D eigenvalue weighted by molar-refractivity contribution is 5.07. The molecule has 0 unspecified atom stereocenters. The second-order valence-corrected chi connectivity index (χ2v) is 3.47. The van der Waals surface area contributed by atoms with Crippen LogP contribution in [0, 0.1) is 6.92 Å². The molecular weight excluding hydrogens is 162 g/mol. The van der Waals surface area contributed by atoms with Gasteiger partial charge in [-0.3, -0.25) is 0 Å². The van der Waals surface area contributed by atoms with Crippen LogP contribution in [0.5, 0.6) is 0 Å². The molecule has 1 rings (SSSR count). The zero-order valence-corrected chi connectivity index (χ0v) is 8.89. The summed E-state index contributed by atoms with van der Waals surface area (Å²) in [4.78, 5) is 4.40. The van der Waals surface area contributed by atoms with E-state index in [0.29, 0.717) is 0 Å². The molecule has 0 saturated heterocycles. The fourth-order valence-corrected chi connectivity index (χ4v) is 1.38. The summed E-state index contributed by atoms with van der Waals surface area (Å²) in [6, 6.07) is 0. The van der Waals surface area contributed by atoms with E-state index in [1.54, 1.807) is 0 Å². The molecular formula is C11H19NO. The Bertz CT molecular complexity index is 253. The first-order valence-electron chi connectivity index (χ1n) is 5.23. The molecule has 0 aliphatic rings. The number of aryl methyl sites for hydroxylation is 3. The topological polar surface area (TPSA) is 26.0 Å². The average molecular weight is 181 g/mol. The van der Waals surface area contributed by atoms with Gasteiger partial charge in [-0.2, -0.15) is 0 Å². The van der Waals surface area contributed by atoms with Crippen LogP contribution in [0.25, 0.3) is 0 Å². The Morgan fingerprint density at radius 3 is 2.54 bits per heavy atom. The molecule has 13 heavy (non-hydrogen) atoms. The zero-order valence-electron chi connectivity index (χ0n) is 8.89. The molecule has 0 aromatic carbocycles. The van der Waals surface area contributed by atoms with Crippen molar-refractivity contribution in [3.05, 3.63) is 17.3 Å².